The molecule has 0 aliphatic carbocycles. The lowest BCUT2D eigenvalue weighted by Crippen LogP contribution is -2.23. The number of nitrogens with zero attached hydrogens (tertiary/aromatic N) is 2. The van der Waals surface area contributed by atoms with Crippen molar-refractivity contribution in [2.75, 3.05) is 13.7 Å². The van der Waals surface area contributed by atoms with Crippen molar-refractivity contribution in [2.24, 2.45) is 4.99 Å². The lowest BCUT2D eigenvalue weighted by molar-refractivity contribution is -0.121. The highest BCUT2D eigenvalue weighted by molar-refractivity contribution is 8.18. The van der Waals surface area contributed by atoms with Crippen molar-refractivity contribution in [3.63, 3.8) is 0 Å². The maximum atomic E-state index is 14.0. The number of amidine groups is 1. The molecular weight excluding hydrogens is 519 g/mol. The van der Waals surface area contributed by atoms with Gasteiger partial charge in [0.05, 0.1) is 27.8 Å². The molecule has 0 bridgehead atoms. The minimum atomic E-state index is -1.06. The number of amides is 1. The molecule has 37 heavy (non-hydrogen) atoms. The third kappa shape index (κ3) is 6.12. The average Bonchev–Trinajstić information content (AvgIpc) is 3.12. The van der Waals surface area contributed by atoms with Crippen LogP contribution < -0.4 is 9.47 Å². The number of carboxylic acid groups (broad SMARTS) is 1. The van der Waals surface area contributed by atoms with Gasteiger partial charge in [-0.25, -0.2) is 14.2 Å². The van der Waals surface area contributed by atoms with Gasteiger partial charge in [0.2, 0.25) is 0 Å². The molecule has 1 aliphatic rings. The zero-order valence-electron chi connectivity index (χ0n) is 19.9. The standard InChI is InChI=1S/C27H22ClFN2O5S/c1-3-35-22-12-16(11-20(28)24(22)36-15-18-7-4-5-10-21(18)29)13-23-25(32)31(2)27(37-23)30-19-9-6-8-17(14-19)26(33)34/h4-14H,3,15H2,1-2H3,(H,33,34). The molecule has 3 aromatic carbocycles. The van der Waals surface area contributed by atoms with Crippen LogP contribution in [0.3, 0.4) is 0 Å². The predicted molar refractivity (Wildman–Crippen MR) is 142 cm³/mol. The summed E-state index contributed by atoms with van der Waals surface area (Å²) in [5.74, 6) is -1.08. The molecule has 190 valence electrons. The Hall–Kier alpha value is -3.82. The predicted octanol–water partition coefficient (Wildman–Crippen LogP) is 6.39. The van der Waals surface area contributed by atoms with E-state index in [0.717, 1.165) is 11.8 Å². The first-order valence-corrected chi connectivity index (χ1v) is 12.4. The number of ether oxygens (including phenoxy) is 2. The topological polar surface area (TPSA) is 88.4 Å². The molecule has 1 amide bonds. The van der Waals surface area contributed by atoms with Crippen molar-refractivity contribution in [2.45, 2.75) is 13.5 Å². The first-order chi connectivity index (χ1) is 17.8. The molecule has 0 aromatic heterocycles. The number of benzene rings is 3. The zero-order chi connectivity index (χ0) is 26.5. The van der Waals surface area contributed by atoms with E-state index in [0.29, 0.717) is 39.2 Å². The number of aromatic carboxylic acids is 1. The van der Waals surface area contributed by atoms with E-state index in [4.69, 9.17) is 21.1 Å². The quantitative estimate of drug-likeness (QED) is 0.333. The molecule has 1 N–H and O–H groups in total. The van der Waals surface area contributed by atoms with Gasteiger partial charge in [0, 0.05) is 12.6 Å². The Morgan fingerprint density at radius 2 is 1.95 bits per heavy atom. The highest BCUT2D eigenvalue weighted by Crippen LogP contribution is 2.40. The third-order valence-electron chi connectivity index (χ3n) is 5.28. The summed E-state index contributed by atoms with van der Waals surface area (Å²) >= 11 is 7.65. The average molecular weight is 541 g/mol. The second-order valence-electron chi connectivity index (χ2n) is 7.87. The van der Waals surface area contributed by atoms with Gasteiger partial charge in [-0.2, -0.15) is 0 Å². The Morgan fingerprint density at radius 1 is 1.16 bits per heavy atom. The largest absolute Gasteiger partial charge is 0.490 e. The Kier molecular flexibility index (Phi) is 8.15. The van der Waals surface area contributed by atoms with Crippen LogP contribution in [0.4, 0.5) is 10.1 Å². The molecule has 1 heterocycles. The molecule has 1 fully saturated rings. The van der Waals surface area contributed by atoms with Gasteiger partial charge in [-0.05, 0) is 66.7 Å². The van der Waals surface area contributed by atoms with Crippen LogP contribution in [0.1, 0.15) is 28.4 Å². The van der Waals surface area contributed by atoms with Crippen LogP contribution in [0, 0.1) is 5.82 Å². The molecule has 1 aliphatic heterocycles. The maximum Gasteiger partial charge on any atom is 0.335 e. The molecule has 10 heteroatoms. The van der Waals surface area contributed by atoms with E-state index in [2.05, 4.69) is 4.99 Å². The fourth-order valence-electron chi connectivity index (χ4n) is 3.46. The summed E-state index contributed by atoms with van der Waals surface area (Å²) in [4.78, 5) is 30.3. The Labute approximate surface area is 222 Å². The fraction of sp³-hybridized carbons (Fsp3) is 0.148. The van der Waals surface area contributed by atoms with Crippen molar-refractivity contribution in [1.82, 2.24) is 4.90 Å². The Balaban J connectivity index is 1.60. The van der Waals surface area contributed by atoms with Gasteiger partial charge in [0.1, 0.15) is 12.4 Å². The molecule has 7 nitrogen and oxygen atoms in total. The minimum Gasteiger partial charge on any atom is -0.490 e. The van der Waals surface area contributed by atoms with Crippen LogP contribution in [0.5, 0.6) is 11.5 Å². The van der Waals surface area contributed by atoms with Crippen LogP contribution in [-0.4, -0.2) is 40.7 Å². The second-order valence-corrected chi connectivity index (χ2v) is 9.28. The van der Waals surface area contributed by atoms with Gasteiger partial charge < -0.3 is 14.6 Å². The van der Waals surface area contributed by atoms with Crippen molar-refractivity contribution >= 4 is 52.2 Å². The summed E-state index contributed by atoms with van der Waals surface area (Å²) in [5, 5.41) is 9.85. The lowest BCUT2D eigenvalue weighted by atomic mass is 10.1. The van der Waals surface area contributed by atoms with E-state index >= 15 is 0 Å². The number of halogens is 2. The molecule has 4 rings (SSSR count). The van der Waals surface area contributed by atoms with E-state index in [1.54, 1.807) is 55.6 Å². The van der Waals surface area contributed by atoms with Gasteiger partial charge in [0.25, 0.3) is 5.91 Å². The summed E-state index contributed by atoms with van der Waals surface area (Å²) in [6, 6.07) is 15.8. The van der Waals surface area contributed by atoms with Crippen molar-refractivity contribution in [1.29, 1.82) is 0 Å². The number of thioether (sulfide) groups is 1. The van der Waals surface area contributed by atoms with Gasteiger partial charge in [0.15, 0.2) is 16.7 Å². The monoisotopic (exact) mass is 540 g/mol. The zero-order valence-corrected chi connectivity index (χ0v) is 21.5. The number of likely N-dealkylation sites (N-methyl/N-ethyl adjacent to an activating group) is 1. The number of carbonyl (C=O) groups is 2. The third-order valence-corrected chi connectivity index (χ3v) is 6.62. The van der Waals surface area contributed by atoms with E-state index in [1.807, 2.05) is 6.92 Å². The second kappa shape index (κ2) is 11.5. The van der Waals surface area contributed by atoms with Crippen molar-refractivity contribution < 1.29 is 28.6 Å². The van der Waals surface area contributed by atoms with Crippen molar-refractivity contribution in [3.8, 4) is 11.5 Å². The van der Waals surface area contributed by atoms with Crippen LogP contribution in [-0.2, 0) is 11.4 Å². The minimum absolute atomic E-state index is 0.0328. The number of carbonyl (C=O) groups excluding carboxylic acids is 1. The molecular formula is C27H22ClFN2O5S. The molecule has 1 saturated heterocycles. The van der Waals surface area contributed by atoms with Crippen LogP contribution in [0.2, 0.25) is 5.02 Å². The molecule has 0 saturated carbocycles. The summed E-state index contributed by atoms with van der Waals surface area (Å²) in [6.07, 6.45) is 1.66. The molecule has 0 spiro atoms. The normalized spacial score (nSPS) is 15.5. The first kappa shape index (κ1) is 26.2. The maximum absolute atomic E-state index is 14.0. The highest BCUT2D eigenvalue weighted by atomic mass is 35.5. The number of aliphatic imine (C=N–C) groups is 1. The molecule has 0 atom stereocenters. The lowest BCUT2D eigenvalue weighted by Gasteiger charge is -2.15. The highest BCUT2D eigenvalue weighted by Gasteiger charge is 2.30. The number of rotatable bonds is 8. The number of hydrogen-bond acceptors (Lipinski definition) is 6. The first-order valence-electron chi connectivity index (χ1n) is 11.2. The molecule has 0 unspecified atom stereocenters. The SMILES string of the molecule is CCOc1cc(C=C2SC(=Nc3cccc(C(=O)O)c3)N(C)C2=O)cc(Cl)c1OCc1ccccc1F. The van der Waals surface area contributed by atoms with Crippen LogP contribution in [0.25, 0.3) is 6.08 Å². The number of carboxylic acids is 1. The smallest absolute Gasteiger partial charge is 0.335 e. The van der Waals surface area contributed by atoms with Crippen LogP contribution >= 0.6 is 23.4 Å². The summed E-state index contributed by atoms with van der Waals surface area (Å²) in [6.45, 7) is 2.12. The van der Waals surface area contributed by atoms with Gasteiger partial charge in [-0.15, -0.1) is 0 Å². The fourth-order valence-corrected chi connectivity index (χ4v) is 4.72. The Morgan fingerprint density at radius 3 is 2.68 bits per heavy atom. The van der Waals surface area contributed by atoms with E-state index in [-0.39, 0.29) is 34.7 Å². The number of hydrogen-bond donors (Lipinski definition) is 1. The summed E-state index contributed by atoms with van der Waals surface area (Å²) in [5.41, 5.74) is 1.50. The van der Waals surface area contributed by atoms with Gasteiger partial charge >= 0.3 is 5.97 Å². The van der Waals surface area contributed by atoms with E-state index in [1.165, 1.54) is 23.1 Å². The van der Waals surface area contributed by atoms with Gasteiger partial charge in [-0.1, -0.05) is 35.9 Å². The Bertz CT molecular complexity index is 1430. The van der Waals surface area contributed by atoms with Crippen molar-refractivity contribution in [3.05, 3.63) is 93.1 Å². The van der Waals surface area contributed by atoms with E-state index < -0.39 is 5.97 Å². The molecule has 0 radical (unpaired) electrons. The summed E-state index contributed by atoms with van der Waals surface area (Å²) < 4.78 is 25.5. The summed E-state index contributed by atoms with van der Waals surface area (Å²) in [7, 11) is 1.59. The molecule has 3 aromatic rings. The van der Waals surface area contributed by atoms with E-state index in [9.17, 15) is 19.1 Å². The van der Waals surface area contributed by atoms with Gasteiger partial charge in [-0.3, -0.25) is 9.69 Å². The van der Waals surface area contributed by atoms with Crippen LogP contribution in [0.15, 0.2) is 70.6 Å².